The van der Waals surface area contributed by atoms with E-state index in [1.165, 1.54) is 11.3 Å². The van der Waals surface area contributed by atoms with Gasteiger partial charge in [0, 0.05) is 18.2 Å². The van der Waals surface area contributed by atoms with Crippen LogP contribution in [0.1, 0.15) is 23.5 Å². The molecule has 2 N–H and O–H groups in total. The van der Waals surface area contributed by atoms with Gasteiger partial charge in [-0.25, -0.2) is 4.98 Å². The summed E-state index contributed by atoms with van der Waals surface area (Å²) < 4.78 is 5.44. The molecule has 0 bridgehead atoms. The average molecular weight is 355 g/mol. The molecule has 0 aliphatic heterocycles. The molecule has 0 spiro atoms. The largest absolute Gasteiger partial charge is 0.462 e. The SMILES string of the molecule is CCN[C@H](C)CNC(=O)c1sc(-c2ccco2)nc1-c1ccccc1. The van der Waals surface area contributed by atoms with Gasteiger partial charge in [0.25, 0.3) is 5.91 Å². The van der Waals surface area contributed by atoms with Gasteiger partial charge in [0.2, 0.25) is 0 Å². The van der Waals surface area contributed by atoms with Crippen LogP contribution in [0, 0.1) is 0 Å². The zero-order valence-electron chi connectivity index (χ0n) is 14.3. The molecule has 6 heteroatoms. The highest BCUT2D eigenvalue weighted by Gasteiger charge is 2.21. The van der Waals surface area contributed by atoms with Gasteiger partial charge in [0.1, 0.15) is 4.88 Å². The van der Waals surface area contributed by atoms with E-state index in [-0.39, 0.29) is 11.9 Å². The molecule has 0 fully saturated rings. The van der Waals surface area contributed by atoms with Crippen LogP contribution < -0.4 is 10.6 Å². The second-order valence-electron chi connectivity index (χ2n) is 5.71. The van der Waals surface area contributed by atoms with E-state index < -0.39 is 0 Å². The summed E-state index contributed by atoms with van der Waals surface area (Å²) in [6.07, 6.45) is 1.61. The first-order valence-electron chi connectivity index (χ1n) is 8.30. The second-order valence-corrected chi connectivity index (χ2v) is 6.71. The minimum absolute atomic E-state index is 0.112. The number of rotatable bonds is 7. The fourth-order valence-corrected chi connectivity index (χ4v) is 3.49. The summed E-state index contributed by atoms with van der Waals surface area (Å²) in [5.74, 6) is 0.557. The summed E-state index contributed by atoms with van der Waals surface area (Å²) in [6, 6.07) is 13.6. The summed E-state index contributed by atoms with van der Waals surface area (Å²) in [4.78, 5) is 18.0. The molecule has 3 aromatic rings. The molecule has 0 radical (unpaired) electrons. The maximum absolute atomic E-state index is 12.7. The van der Waals surface area contributed by atoms with Crippen LogP contribution in [0.2, 0.25) is 0 Å². The highest BCUT2D eigenvalue weighted by Crippen LogP contribution is 2.34. The van der Waals surface area contributed by atoms with Crippen molar-refractivity contribution in [3.8, 4) is 22.0 Å². The fourth-order valence-electron chi connectivity index (χ4n) is 2.52. The van der Waals surface area contributed by atoms with Crippen molar-refractivity contribution in [3.05, 3.63) is 53.6 Å². The first kappa shape index (κ1) is 17.4. The molecular formula is C19H21N3O2S. The normalized spacial score (nSPS) is 12.1. The number of carbonyl (C=O) groups excluding carboxylic acids is 1. The van der Waals surface area contributed by atoms with Crippen LogP contribution in [0.5, 0.6) is 0 Å². The predicted molar refractivity (Wildman–Crippen MR) is 101 cm³/mol. The van der Waals surface area contributed by atoms with E-state index in [0.29, 0.717) is 27.9 Å². The number of thiazole rings is 1. The maximum atomic E-state index is 12.7. The summed E-state index contributed by atoms with van der Waals surface area (Å²) in [5.41, 5.74) is 1.60. The standard InChI is InChI=1S/C19H21N3O2S/c1-3-20-13(2)12-21-18(23)17-16(14-8-5-4-6-9-14)22-19(25-17)15-10-7-11-24-15/h4-11,13,20H,3,12H2,1-2H3,(H,21,23)/t13-/m1/s1. The molecular weight excluding hydrogens is 334 g/mol. The molecule has 130 valence electrons. The quantitative estimate of drug-likeness (QED) is 0.676. The summed E-state index contributed by atoms with van der Waals surface area (Å²) >= 11 is 1.35. The minimum atomic E-state index is -0.112. The van der Waals surface area contributed by atoms with Gasteiger partial charge in [-0.05, 0) is 25.6 Å². The average Bonchev–Trinajstić information content (AvgIpc) is 3.30. The molecule has 2 heterocycles. The minimum Gasteiger partial charge on any atom is -0.462 e. The second kappa shape index (κ2) is 8.09. The topological polar surface area (TPSA) is 67.2 Å². The zero-order chi connectivity index (χ0) is 17.6. The van der Waals surface area contributed by atoms with E-state index in [1.54, 1.807) is 6.26 Å². The lowest BCUT2D eigenvalue weighted by molar-refractivity contribution is 0.0954. The van der Waals surface area contributed by atoms with Crippen LogP contribution in [-0.2, 0) is 0 Å². The molecule has 0 aliphatic carbocycles. The van der Waals surface area contributed by atoms with E-state index in [9.17, 15) is 4.79 Å². The van der Waals surface area contributed by atoms with Crippen LogP contribution in [-0.4, -0.2) is 30.0 Å². The Hall–Kier alpha value is -2.44. The van der Waals surface area contributed by atoms with Gasteiger partial charge in [0.05, 0.1) is 12.0 Å². The Kier molecular flexibility index (Phi) is 5.63. The van der Waals surface area contributed by atoms with Crippen LogP contribution >= 0.6 is 11.3 Å². The Morgan fingerprint density at radius 1 is 1.24 bits per heavy atom. The highest BCUT2D eigenvalue weighted by atomic mass is 32.1. The smallest absolute Gasteiger partial charge is 0.263 e. The van der Waals surface area contributed by atoms with Gasteiger partial charge in [0.15, 0.2) is 10.8 Å². The molecule has 0 saturated heterocycles. The summed E-state index contributed by atoms with van der Waals surface area (Å²) in [7, 11) is 0. The van der Waals surface area contributed by atoms with Gasteiger partial charge in [-0.1, -0.05) is 37.3 Å². The molecule has 3 rings (SSSR count). The molecule has 0 aliphatic rings. The van der Waals surface area contributed by atoms with Gasteiger partial charge in [-0.3, -0.25) is 4.79 Å². The molecule has 1 atom stereocenters. The maximum Gasteiger partial charge on any atom is 0.263 e. The number of amides is 1. The third-order valence-electron chi connectivity index (χ3n) is 3.73. The molecule has 5 nitrogen and oxygen atoms in total. The zero-order valence-corrected chi connectivity index (χ0v) is 15.1. The first-order chi connectivity index (χ1) is 12.2. The number of hydrogen-bond acceptors (Lipinski definition) is 5. The molecule has 0 unspecified atom stereocenters. The molecule has 1 aromatic carbocycles. The number of benzene rings is 1. The number of likely N-dealkylation sites (N-methyl/N-ethyl adjacent to an activating group) is 1. The van der Waals surface area contributed by atoms with Crippen LogP contribution in [0.4, 0.5) is 0 Å². The number of nitrogens with one attached hydrogen (secondary N) is 2. The van der Waals surface area contributed by atoms with Crippen molar-refractivity contribution in [2.45, 2.75) is 19.9 Å². The van der Waals surface area contributed by atoms with Gasteiger partial charge >= 0.3 is 0 Å². The Labute approximate surface area is 151 Å². The highest BCUT2D eigenvalue weighted by molar-refractivity contribution is 7.17. The van der Waals surface area contributed by atoms with Gasteiger partial charge < -0.3 is 15.1 Å². The van der Waals surface area contributed by atoms with E-state index in [4.69, 9.17) is 4.42 Å². The monoisotopic (exact) mass is 355 g/mol. The van der Waals surface area contributed by atoms with E-state index in [1.807, 2.05) is 56.3 Å². The van der Waals surface area contributed by atoms with E-state index in [0.717, 1.165) is 12.1 Å². The van der Waals surface area contributed by atoms with Crippen molar-refractivity contribution >= 4 is 17.2 Å². The first-order valence-corrected chi connectivity index (χ1v) is 9.12. The lowest BCUT2D eigenvalue weighted by atomic mass is 10.1. The van der Waals surface area contributed by atoms with E-state index in [2.05, 4.69) is 15.6 Å². The Morgan fingerprint density at radius 3 is 2.72 bits per heavy atom. The molecule has 2 aromatic heterocycles. The Bertz CT molecular complexity index is 813. The number of carbonyl (C=O) groups is 1. The lowest BCUT2D eigenvalue weighted by Gasteiger charge is -2.13. The van der Waals surface area contributed by atoms with Gasteiger partial charge in [-0.15, -0.1) is 11.3 Å². The van der Waals surface area contributed by atoms with Crippen LogP contribution in [0.15, 0.2) is 53.1 Å². The lowest BCUT2D eigenvalue weighted by Crippen LogP contribution is -2.38. The number of furan rings is 1. The van der Waals surface area contributed by atoms with Crippen molar-refractivity contribution < 1.29 is 9.21 Å². The van der Waals surface area contributed by atoms with Crippen molar-refractivity contribution in [1.29, 1.82) is 0 Å². The van der Waals surface area contributed by atoms with Crippen molar-refractivity contribution in [1.82, 2.24) is 15.6 Å². The number of hydrogen-bond donors (Lipinski definition) is 2. The van der Waals surface area contributed by atoms with Crippen molar-refractivity contribution in [2.24, 2.45) is 0 Å². The molecule has 1 amide bonds. The van der Waals surface area contributed by atoms with E-state index >= 15 is 0 Å². The van der Waals surface area contributed by atoms with Crippen molar-refractivity contribution in [2.75, 3.05) is 13.1 Å². The number of nitrogens with zero attached hydrogens (tertiary/aromatic N) is 1. The Balaban J connectivity index is 1.90. The molecule has 25 heavy (non-hydrogen) atoms. The predicted octanol–water partition coefficient (Wildman–Crippen LogP) is 3.80. The number of aromatic nitrogens is 1. The fraction of sp³-hybridized carbons (Fsp3) is 0.263. The van der Waals surface area contributed by atoms with Gasteiger partial charge in [-0.2, -0.15) is 0 Å². The Morgan fingerprint density at radius 2 is 2.04 bits per heavy atom. The van der Waals surface area contributed by atoms with Crippen LogP contribution in [0.3, 0.4) is 0 Å². The molecule has 0 saturated carbocycles. The summed E-state index contributed by atoms with van der Waals surface area (Å²) in [5, 5.41) is 6.98. The third-order valence-corrected chi connectivity index (χ3v) is 4.80. The van der Waals surface area contributed by atoms with Crippen LogP contribution in [0.25, 0.3) is 22.0 Å². The summed E-state index contributed by atoms with van der Waals surface area (Å²) in [6.45, 7) is 5.53. The van der Waals surface area contributed by atoms with Crippen molar-refractivity contribution in [3.63, 3.8) is 0 Å². The third kappa shape index (κ3) is 4.15.